The van der Waals surface area contributed by atoms with Crippen molar-refractivity contribution in [2.75, 3.05) is 17.7 Å². The number of hydrogen-bond donors (Lipinski definition) is 2. The van der Waals surface area contributed by atoms with Crippen molar-refractivity contribution >= 4 is 29.1 Å². The summed E-state index contributed by atoms with van der Waals surface area (Å²) < 4.78 is 20.8. The monoisotopic (exact) mass is 489 g/mol. The first-order valence-electron chi connectivity index (χ1n) is 10.8. The lowest BCUT2D eigenvalue weighted by atomic mass is 9.95. The van der Waals surface area contributed by atoms with Crippen LogP contribution < -0.4 is 15.4 Å². The van der Waals surface area contributed by atoms with Gasteiger partial charge in [0.2, 0.25) is 5.95 Å². The number of amides is 1. The molecule has 1 aliphatic rings. The van der Waals surface area contributed by atoms with Crippen LogP contribution in [0.25, 0.3) is 11.4 Å². The topological polar surface area (TPSA) is 81.1 Å². The number of halogens is 2. The van der Waals surface area contributed by atoms with Crippen LogP contribution in [0.5, 0.6) is 5.75 Å². The Hall–Kier alpha value is -4.17. The third-order valence-corrected chi connectivity index (χ3v) is 5.96. The number of anilines is 2. The molecule has 1 aromatic heterocycles. The molecule has 176 valence electrons. The van der Waals surface area contributed by atoms with Crippen molar-refractivity contribution in [1.29, 1.82) is 0 Å². The van der Waals surface area contributed by atoms with E-state index < -0.39 is 6.04 Å². The maximum absolute atomic E-state index is 13.8. The third kappa shape index (κ3) is 4.36. The van der Waals surface area contributed by atoms with Crippen LogP contribution in [0.4, 0.5) is 16.0 Å². The summed E-state index contributed by atoms with van der Waals surface area (Å²) >= 11 is 6.17. The lowest BCUT2D eigenvalue weighted by molar-refractivity contribution is -0.113. The average Bonchev–Trinajstić information content (AvgIpc) is 3.28. The zero-order chi connectivity index (χ0) is 24.5. The molecule has 0 bridgehead atoms. The molecule has 0 saturated heterocycles. The molecule has 3 aromatic carbocycles. The zero-order valence-electron chi connectivity index (χ0n) is 18.9. The number of nitrogens with zero attached hydrogens (tertiary/aromatic N) is 3. The fourth-order valence-electron chi connectivity index (χ4n) is 4.09. The van der Waals surface area contributed by atoms with E-state index in [0.29, 0.717) is 45.1 Å². The first-order valence-corrected chi connectivity index (χ1v) is 11.2. The van der Waals surface area contributed by atoms with E-state index in [1.54, 1.807) is 48.0 Å². The predicted octanol–water partition coefficient (Wildman–Crippen LogP) is 5.67. The Morgan fingerprint density at radius 1 is 1.11 bits per heavy atom. The van der Waals surface area contributed by atoms with Crippen LogP contribution in [0, 0.1) is 5.82 Å². The minimum atomic E-state index is -0.651. The maximum Gasteiger partial charge on any atom is 0.255 e. The van der Waals surface area contributed by atoms with Crippen molar-refractivity contribution in [1.82, 2.24) is 14.8 Å². The van der Waals surface area contributed by atoms with Crippen LogP contribution in [-0.4, -0.2) is 27.8 Å². The molecular weight excluding hydrogens is 469 g/mol. The number of hydrogen-bond acceptors (Lipinski definition) is 5. The van der Waals surface area contributed by atoms with Crippen LogP contribution >= 0.6 is 11.6 Å². The van der Waals surface area contributed by atoms with E-state index in [1.807, 2.05) is 24.3 Å². The van der Waals surface area contributed by atoms with Crippen LogP contribution in [0.1, 0.15) is 18.5 Å². The summed E-state index contributed by atoms with van der Waals surface area (Å²) in [6.07, 6.45) is 0. The highest BCUT2D eigenvalue weighted by Crippen LogP contribution is 2.37. The van der Waals surface area contributed by atoms with Gasteiger partial charge in [0.15, 0.2) is 5.82 Å². The fourth-order valence-corrected chi connectivity index (χ4v) is 4.28. The van der Waals surface area contributed by atoms with Crippen molar-refractivity contribution in [3.05, 3.63) is 100 Å². The molecule has 1 unspecified atom stereocenters. The average molecular weight is 490 g/mol. The van der Waals surface area contributed by atoms with Crippen molar-refractivity contribution in [2.24, 2.45) is 0 Å². The molecule has 1 aliphatic heterocycles. The summed E-state index contributed by atoms with van der Waals surface area (Å²) in [5.74, 6) is 0.717. The smallest absolute Gasteiger partial charge is 0.255 e. The molecule has 2 N–H and O–H groups in total. The SMILES string of the molecule is COc1ccccc1NC(=O)C1=C(C)Nc2nc(-c3cccc(Cl)c3)nn2C1c1ccc(F)cc1. The molecule has 2 heterocycles. The molecule has 0 spiro atoms. The molecule has 35 heavy (non-hydrogen) atoms. The Morgan fingerprint density at radius 2 is 1.89 bits per heavy atom. The number of nitrogens with one attached hydrogen (secondary N) is 2. The number of allylic oxidation sites excluding steroid dienone is 1. The minimum Gasteiger partial charge on any atom is -0.495 e. The summed E-state index contributed by atoms with van der Waals surface area (Å²) in [6.45, 7) is 1.80. The molecule has 0 aliphatic carbocycles. The molecule has 0 radical (unpaired) electrons. The van der Waals surface area contributed by atoms with Crippen LogP contribution in [0.3, 0.4) is 0 Å². The highest BCUT2D eigenvalue weighted by molar-refractivity contribution is 6.30. The normalized spacial score (nSPS) is 14.8. The highest BCUT2D eigenvalue weighted by atomic mass is 35.5. The van der Waals surface area contributed by atoms with Gasteiger partial charge in [0.1, 0.15) is 17.6 Å². The Bertz CT molecular complexity index is 1450. The summed E-state index contributed by atoms with van der Waals surface area (Å²) in [6, 6.07) is 19.7. The van der Waals surface area contributed by atoms with Crippen molar-refractivity contribution in [2.45, 2.75) is 13.0 Å². The van der Waals surface area contributed by atoms with Gasteiger partial charge in [-0.2, -0.15) is 4.98 Å². The van der Waals surface area contributed by atoms with E-state index in [2.05, 4.69) is 15.6 Å². The molecule has 1 amide bonds. The van der Waals surface area contributed by atoms with Gasteiger partial charge in [-0.1, -0.05) is 48.0 Å². The second kappa shape index (κ2) is 9.23. The molecule has 0 saturated carbocycles. The molecule has 0 fully saturated rings. The Morgan fingerprint density at radius 3 is 2.63 bits per heavy atom. The number of ether oxygens (including phenoxy) is 1. The van der Waals surface area contributed by atoms with Crippen molar-refractivity contribution < 1.29 is 13.9 Å². The van der Waals surface area contributed by atoms with E-state index in [4.69, 9.17) is 21.4 Å². The second-order valence-corrected chi connectivity index (χ2v) is 8.42. The van der Waals surface area contributed by atoms with Gasteiger partial charge in [-0.05, 0) is 48.9 Å². The number of fused-ring (bicyclic) bond motifs is 1. The number of carbonyl (C=O) groups is 1. The molecular formula is C26H21ClFN5O2. The standard InChI is InChI=1S/C26H21ClFN5O2/c1-15-22(25(34)30-20-8-3-4-9-21(20)35-2)23(16-10-12-19(28)13-11-16)33-26(29-15)31-24(32-33)17-6-5-7-18(27)14-17/h3-14,23H,1-2H3,(H,30,34)(H,29,31,32). The Balaban J connectivity index is 1.60. The number of benzene rings is 3. The van der Waals surface area contributed by atoms with E-state index in [9.17, 15) is 9.18 Å². The molecule has 7 nitrogen and oxygen atoms in total. The van der Waals surface area contributed by atoms with Gasteiger partial charge in [0.05, 0.1) is 18.4 Å². The lowest BCUT2D eigenvalue weighted by Crippen LogP contribution is -2.31. The van der Waals surface area contributed by atoms with Crippen molar-refractivity contribution in [3.8, 4) is 17.1 Å². The van der Waals surface area contributed by atoms with E-state index in [-0.39, 0.29) is 11.7 Å². The van der Waals surface area contributed by atoms with Gasteiger partial charge in [0, 0.05) is 16.3 Å². The number of methoxy groups -OCH3 is 1. The van der Waals surface area contributed by atoms with Crippen molar-refractivity contribution in [3.63, 3.8) is 0 Å². The Kier molecular flexibility index (Phi) is 5.96. The minimum absolute atomic E-state index is 0.348. The fraction of sp³-hybridized carbons (Fsp3) is 0.115. The number of para-hydroxylation sites is 2. The van der Waals surface area contributed by atoms with Gasteiger partial charge >= 0.3 is 0 Å². The van der Waals surface area contributed by atoms with E-state index in [1.165, 1.54) is 19.2 Å². The summed E-state index contributed by atoms with van der Waals surface area (Å²) in [7, 11) is 1.54. The lowest BCUT2D eigenvalue weighted by Gasteiger charge is -2.28. The molecule has 1 atom stereocenters. The predicted molar refractivity (Wildman–Crippen MR) is 133 cm³/mol. The largest absolute Gasteiger partial charge is 0.495 e. The summed E-state index contributed by atoms with van der Waals surface area (Å²) in [4.78, 5) is 18.2. The van der Waals surface area contributed by atoms with E-state index >= 15 is 0 Å². The van der Waals surface area contributed by atoms with Gasteiger partial charge < -0.3 is 15.4 Å². The van der Waals surface area contributed by atoms with Crippen LogP contribution in [0.15, 0.2) is 84.1 Å². The second-order valence-electron chi connectivity index (χ2n) is 7.99. The maximum atomic E-state index is 13.8. The summed E-state index contributed by atoms with van der Waals surface area (Å²) in [5, 5.41) is 11.4. The third-order valence-electron chi connectivity index (χ3n) is 5.72. The molecule has 5 rings (SSSR count). The first kappa shape index (κ1) is 22.6. The van der Waals surface area contributed by atoms with Gasteiger partial charge in [-0.25, -0.2) is 9.07 Å². The number of carbonyl (C=O) groups excluding carboxylic acids is 1. The van der Waals surface area contributed by atoms with Crippen LogP contribution in [-0.2, 0) is 4.79 Å². The number of aromatic nitrogens is 3. The quantitative estimate of drug-likeness (QED) is 0.377. The van der Waals surface area contributed by atoms with E-state index in [0.717, 1.165) is 5.56 Å². The van der Waals surface area contributed by atoms with Gasteiger partial charge in [0.25, 0.3) is 5.91 Å². The number of rotatable bonds is 5. The summed E-state index contributed by atoms with van der Waals surface area (Å²) in [5.41, 5.74) is 2.96. The highest BCUT2D eigenvalue weighted by Gasteiger charge is 2.34. The zero-order valence-corrected chi connectivity index (χ0v) is 19.7. The van der Waals surface area contributed by atoms with Gasteiger partial charge in [-0.15, -0.1) is 5.10 Å². The Labute approximate surface area is 206 Å². The first-order chi connectivity index (χ1) is 16.9. The van der Waals surface area contributed by atoms with Gasteiger partial charge in [-0.3, -0.25) is 4.79 Å². The molecule has 9 heteroatoms. The molecule has 4 aromatic rings. The van der Waals surface area contributed by atoms with Crippen LogP contribution in [0.2, 0.25) is 5.02 Å².